The maximum absolute atomic E-state index is 11.3. The van der Waals surface area contributed by atoms with Gasteiger partial charge >= 0.3 is 6.03 Å². The molecule has 16 heavy (non-hydrogen) atoms. The number of imide groups is 1. The van der Waals surface area contributed by atoms with E-state index in [0.29, 0.717) is 11.3 Å². The van der Waals surface area contributed by atoms with Crippen LogP contribution in [0.2, 0.25) is 0 Å². The molecule has 0 aromatic heterocycles. The van der Waals surface area contributed by atoms with Gasteiger partial charge in [0.25, 0.3) is 11.8 Å². The van der Waals surface area contributed by atoms with Crippen LogP contribution in [0.25, 0.3) is 0 Å². The van der Waals surface area contributed by atoms with Gasteiger partial charge in [0.15, 0.2) is 0 Å². The van der Waals surface area contributed by atoms with Crippen molar-refractivity contribution in [3.05, 3.63) is 29.3 Å². The Morgan fingerprint density at radius 2 is 1.88 bits per heavy atom. The van der Waals surface area contributed by atoms with Gasteiger partial charge in [-0.25, -0.2) is 4.79 Å². The Kier molecular flexibility index (Phi) is 2.32. The van der Waals surface area contributed by atoms with Crippen molar-refractivity contribution in [1.29, 1.82) is 0 Å². The lowest BCUT2D eigenvalue weighted by Gasteiger charge is -2.04. The lowest BCUT2D eigenvalue weighted by atomic mass is 10.1. The van der Waals surface area contributed by atoms with E-state index in [9.17, 15) is 14.4 Å². The van der Waals surface area contributed by atoms with Crippen LogP contribution in [0.15, 0.2) is 18.2 Å². The Balaban J connectivity index is 2.33. The van der Waals surface area contributed by atoms with Crippen LogP contribution >= 0.6 is 0 Å². The highest BCUT2D eigenvalue weighted by molar-refractivity contribution is 6.21. The summed E-state index contributed by atoms with van der Waals surface area (Å²) in [6, 6.07) is 4.14. The molecule has 6 nitrogen and oxygen atoms in total. The molecule has 0 spiro atoms. The third-order valence-corrected chi connectivity index (χ3v) is 2.22. The first kappa shape index (κ1) is 10.2. The summed E-state index contributed by atoms with van der Waals surface area (Å²) in [7, 11) is 1.49. The fourth-order valence-electron chi connectivity index (χ4n) is 1.44. The largest absolute Gasteiger partial charge is 0.341 e. The standard InChI is InChI=1S/C10H9N3O3/c1-11-10(16)12-5-2-3-6-7(4-5)9(15)13-8(6)14/h2-4H,1H3,(H2,11,12,16)(H,13,14,15). The van der Waals surface area contributed by atoms with Crippen molar-refractivity contribution in [1.82, 2.24) is 10.6 Å². The maximum atomic E-state index is 11.3. The normalized spacial score (nSPS) is 13.1. The Bertz CT molecular complexity index is 496. The molecule has 1 aromatic rings. The molecule has 1 aliphatic rings. The fraction of sp³-hybridized carbons (Fsp3) is 0.100. The number of carbonyl (C=O) groups excluding carboxylic acids is 3. The third kappa shape index (κ3) is 1.60. The topological polar surface area (TPSA) is 87.3 Å². The summed E-state index contributed by atoms with van der Waals surface area (Å²) in [4.78, 5) is 33.6. The first-order valence-corrected chi connectivity index (χ1v) is 4.60. The van der Waals surface area contributed by atoms with Crippen molar-refractivity contribution in [2.75, 3.05) is 12.4 Å². The van der Waals surface area contributed by atoms with Gasteiger partial charge in [0, 0.05) is 12.7 Å². The number of anilines is 1. The quantitative estimate of drug-likeness (QED) is 0.594. The predicted molar refractivity (Wildman–Crippen MR) is 56.3 cm³/mol. The summed E-state index contributed by atoms with van der Waals surface area (Å²) in [6.07, 6.45) is 0. The van der Waals surface area contributed by atoms with Crippen molar-refractivity contribution >= 4 is 23.5 Å². The van der Waals surface area contributed by atoms with E-state index < -0.39 is 11.8 Å². The Hall–Kier alpha value is -2.37. The van der Waals surface area contributed by atoms with Gasteiger partial charge < -0.3 is 10.6 Å². The molecular weight excluding hydrogens is 210 g/mol. The SMILES string of the molecule is CNC(=O)Nc1ccc2c(c1)C(=O)NC2=O. The summed E-state index contributed by atoms with van der Waals surface area (Å²) >= 11 is 0. The number of carbonyl (C=O) groups is 3. The molecule has 0 saturated carbocycles. The lowest BCUT2D eigenvalue weighted by Crippen LogP contribution is -2.24. The molecule has 0 radical (unpaired) electrons. The Labute approximate surface area is 91.0 Å². The molecule has 0 unspecified atom stereocenters. The fourth-order valence-corrected chi connectivity index (χ4v) is 1.44. The van der Waals surface area contributed by atoms with Gasteiger partial charge in [0.2, 0.25) is 0 Å². The van der Waals surface area contributed by atoms with E-state index in [1.807, 2.05) is 0 Å². The molecule has 1 aliphatic heterocycles. The zero-order valence-corrected chi connectivity index (χ0v) is 8.46. The molecule has 82 valence electrons. The Morgan fingerprint density at radius 1 is 1.19 bits per heavy atom. The number of urea groups is 1. The molecule has 4 amide bonds. The van der Waals surface area contributed by atoms with Gasteiger partial charge in [0.05, 0.1) is 11.1 Å². The molecule has 1 heterocycles. The number of benzene rings is 1. The van der Waals surface area contributed by atoms with E-state index in [-0.39, 0.29) is 11.6 Å². The molecule has 0 atom stereocenters. The van der Waals surface area contributed by atoms with Crippen LogP contribution < -0.4 is 16.0 Å². The molecule has 0 bridgehead atoms. The van der Waals surface area contributed by atoms with E-state index in [2.05, 4.69) is 16.0 Å². The number of fused-ring (bicyclic) bond motifs is 1. The number of rotatable bonds is 1. The van der Waals surface area contributed by atoms with Gasteiger partial charge in [-0.15, -0.1) is 0 Å². The highest BCUT2D eigenvalue weighted by Gasteiger charge is 2.26. The molecule has 1 aromatic carbocycles. The minimum absolute atomic E-state index is 0.277. The van der Waals surface area contributed by atoms with E-state index in [1.165, 1.54) is 19.2 Å². The van der Waals surface area contributed by atoms with Crippen molar-refractivity contribution in [3.63, 3.8) is 0 Å². The van der Waals surface area contributed by atoms with Crippen molar-refractivity contribution in [2.24, 2.45) is 0 Å². The predicted octanol–water partition coefficient (Wildman–Crippen LogP) is 0.321. The number of hydrogen-bond acceptors (Lipinski definition) is 3. The first-order valence-electron chi connectivity index (χ1n) is 4.60. The summed E-state index contributed by atoms with van der Waals surface area (Å²) in [5.74, 6) is -0.855. The number of hydrogen-bond donors (Lipinski definition) is 3. The molecule has 0 saturated heterocycles. The van der Waals surface area contributed by atoms with Crippen LogP contribution in [0.4, 0.5) is 10.5 Å². The highest BCUT2D eigenvalue weighted by Crippen LogP contribution is 2.19. The van der Waals surface area contributed by atoms with Crippen LogP contribution in [-0.4, -0.2) is 24.9 Å². The first-order chi connectivity index (χ1) is 7.61. The maximum Gasteiger partial charge on any atom is 0.318 e. The van der Waals surface area contributed by atoms with E-state index in [1.54, 1.807) is 6.07 Å². The monoisotopic (exact) mass is 219 g/mol. The summed E-state index contributed by atoms with van der Waals surface area (Å²) in [5.41, 5.74) is 1.06. The van der Waals surface area contributed by atoms with E-state index in [4.69, 9.17) is 0 Å². The number of amides is 4. The van der Waals surface area contributed by atoms with Crippen molar-refractivity contribution in [3.8, 4) is 0 Å². The van der Waals surface area contributed by atoms with Crippen molar-refractivity contribution in [2.45, 2.75) is 0 Å². The lowest BCUT2D eigenvalue weighted by molar-refractivity contribution is 0.0879. The highest BCUT2D eigenvalue weighted by atomic mass is 16.2. The number of nitrogens with one attached hydrogen (secondary N) is 3. The second kappa shape index (κ2) is 3.65. The molecule has 6 heteroatoms. The van der Waals surface area contributed by atoms with Crippen LogP contribution in [0, 0.1) is 0 Å². The van der Waals surface area contributed by atoms with Gasteiger partial charge in [0.1, 0.15) is 0 Å². The van der Waals surface area contributed by atoms with Crippen LogP contribution in [0.1, 0.15) is 20.7 Å². The van der Waals surface area contributed by atoms with Gasteiger partial charge in [-0.05, 0) is 18.2 Å². The second-order valence-electron chi connectivity index (χ2n) is 3.25. The minimum Gasteiger partial charge on any atom is -0.341 e. The molecule has 0 fully saturated rings. The van der Waals surface area contributed by atoms with Crippen LogP contribution in [0.3, 0.4) is 0 Å². The molecule has 3 N–H and O–H groups in total. The zero-order valence-electron chi connectivity index (χ0n) is 8.46. The van der Waals surface area contributed by atoms with E-state index in [0.717, 1.165) is 0 Å². The smallest absolute Gasteiger partial charge is 0.318 e. The average Bonchev–Trinajstić information content (AvgIpc) is 2.54. The molecule has 2 rings (SSSR count). The average molecular weight is 219 g/mol. The molecule has 0 aliphatic carbocycles. The summed E-state index contributed by atoms with van der Waals surface area (Å²) < 4.78 is 0. The van der Waals surface area contributed by atoms with Gasteiger partial charge in [-0.2, -0.15) is 0 Å². The summed E-state index contributed by atoms with van der Waals surface area (Å²) in [5, 5.41) is 7.07. The second-order valence-corrected chi connectivity index (χ2v) is 3.25. The third-order valence-electron chi connectivity index (χ3n) is 2.22. The molecular formula is C10H9N3O3. The van der Waals surface area contributed by atoms with Crippen LogP contribution in [0.5, 0.6) is 0 Å². The van der Waals surface area contributed by atoms with Crippen LogP contribution in [-0.2, 0) is 0 Å². The summed E-state index contributed by atoms with van der Waals surface area (Å²) in [6.45, 7) is 0. The zero-order chi connectivity index (χ0) is 11.7. The van der Waals surface area contributed by atoms with Gasteiger partial charge in [-0.3, -0.25) is 14.9 Å². The Morgan fingerprint density at radius 3 is 2.56 bits per heavy atom. The minimum atomic E-state index is -0.444. The van der Waals surface area contributed by atoms with Crippen molar-refractivity contribution < 1.29 is 14.4 Å². The van der Waals surface area contributed by atoms with Gasteiger partial charge in [-0.1, -0.05) is 0 Å². The van der Waals surface area contributed by atoms with E-state index >= 15 is 0 Å².